The average molecular weight is 167 g/mol. The summed E-state index contributed by atoms with van der Waals surface area (Å²) >= 11 is 0. The van der Waals surface area contributed by atoms with E-state index in [1.807, 2.05) is 4.90 Å². The first kappa shape index (κ1) is 9.30. The van der Waals surface area contributed by atoms with Gasteiger partial charge in [0.25, 0.3) is 0 Å². The summed E-state index contributed by atoms with van der Waals surface area (Å²) in [4.78, 5) is 13.3. The predicted octanol–water partition coefficient (Wildman–Crippen LogP) is 1.96. The van der Waals surface area contributed by atoms with E-state index in [-0.39, 0.29) is 11.4 Å². The van der Waals surface area contributed by atoms with Crippen molar-refractivity contribution in [2.24, 2.45) is 0 Å². The lowest BCUT2D eigenvalue weighted by Crippen LogP contribution is -2.43. The fraction of sp³-hybridized carbons (Fsp3) is 0.700. The molecule has 0 spiro atoms. The lowest BCUT2D eigenvalue weighted by molar-refractivity contribution is -0.129. The van der Waals surface area contributed by atoms with Crippen molar-refractivity contribution in [2.45, 2.75) is 38.6 Å². The molecule has 1 fully saturated rings. The topological polar surface area (TPSA) is 20.3 Å². The SMILES string of the molecule is C=CC(=O)N1CCC[C@]1(C)CC. The van der Waals surface area contributed by atoms with Gasteiger partial charge in [-0.1, -0.05) is 13.5 Å². The Morgan fingerprint density at radius 3 is 2.92 bits per heavy atom. The number of hydrogen-bond acceptors (Lipinski definition) is 1. The second kappa shape index (κ2) is 3.30. The van der Waals surface area contributed by atoms with Gasteiger partial charge in [-0.05, 0) is 32.3 Å². The monoisotopic (exact) mass is 167 g/mol. The summed E-state index contributed by atoms with van der Waals surface area (Å²) < 4.78 is 0. The zero-order valence-corrected chi connectivity index (χ0v) is 7.97. The average Bonchev–Trinajstić information content (AvgIpc) is 2.47. The van der Waals surface area contributed by atoms with E-state index in [1.165, 1.54) is 6.08 Å². The van der Waals surface area contributed by atoms with Crippen LogP contribution in [0.4, 0.5) is 0 Å². The minimum absolute atomic E-state index is 0.0804. The van der Waals surface area contributed by atoms with Gasteiger partial charge in [-0.15, -0.1) is 0 Å². The van der Waals surface area contributed by atoms with Crippen LogP contribution in [0.5, 0.6) is 0 Å². The van der Waals surface area contributed by atoms with Gasteiger partial charge in [0.1, 0.15) is 0 Å². The van der Waals surface area contributed by atoms with E-state index >= 15 is 0 Å². The molecule has 12 heavy (non-hydrogen) atoms. The van der Waals surface area contributed by atoms with Gasteiger partial charge in [0.2, 0.25) is 5.91 Å². The van der Waals surface area contributed by atoms with Crippen LogP contribution >= 0.6 is 0 Å². The summed E-state index contributed by atoms with van der Waals surface area (Å²) in [7, 11) is 0. The van der Waals surface area contributed by atoms with E-state index in [0.29, 0.717) is 0 Å². The molecule has 2 nitrogen and oxygen atoms in total. The minimum atomic E-state index is 0.0804. The van der Waals surface area contributed by atoms with Gasteiger partial charge < -0.3 is 4.90 Å². The highest BCUT2D eigenvalue weighted by Gasteiger charge is 2.36. The van der Waals surface area contributed by atoms with Gasteiger partial charge in [-0.2, -0.15) is 0 Å². The second-order valence-electron chi connectivity index (χ2n) is 3.65. The van der Waals surface area contributed by atoms with Crippen LogP contribution in [0, 0.1) is 0 Å². The molecule has 1 rings (SSSR count). The third kappa shape index (κ3) is 1.38. The highest BCUT2D eigenvalue weighted by molar-refractivity contribution is 5.87. The van der Waals surface area contributed by atoms with Crippen LogP contribution in [-0.2, 0) is 4.79 Å². The van der Waals surface area contributed by atoms with Crippen LogP contribution in [-0.4, -0.2) is 22.9 Å². The molecule has 0 saturated carbocycles. The quantitative estimate of drug-likeness (QED) is 0.576. The Morgan fingerprint density at radius 1 is 1.75 bits per heavy atom. The van der Waals surface area contributed by atoms with Crippen molar-refractivity contribution >= 4 is 5.91 Å². The first-order valence-electron chi connectivity index (χ1n) is 4.58. The van der Waals surface area contributed by atoms with Crippen LogP contribution in [0.25, 0.3) is 0 Å². The highest BCUT2D eigenvalue weighted by atomic mass is 16.2. The number of carbonyl (C=O) groups excluding carboxylic acids is 1. The Balaban J connectivity index is 2.76. The molecule has 0 radical (unpaired) electrons. The van der Waals surface area contributed by atoms with E-state index in [4.69, 9.17) is 0 Å². The molecule has 0 unspecified atom stereocenters. The Morgan fingerprint density at radius 2 is 2.42 bits per heavy atom. The molecule has 2 heteroatoms. The number of hydrogen-bond donors (Lipinski definition) is 0. The van der Waals surface area contributed by atoms with E-state index in [2.05, 4.69) is 20.4 Å². The molecule has 1 atom stereocenters. The van der Waals surface area contributed by atoms with Crippen molar-refractivity contribution in [3.05, 3.63) is 12.7 Å². The molecule has 68 valence electrons. The van der Waals surface area contributed by atoms with E-state index in [9.17, 15) is 4.79 Å². The molecule has 0 aromatic heterocycles. The maximum atomic E-state index is 11.4. The summed E-state index contributed by atoms with van der Waals surface area (Å²) in [5.74, 6) is 0.0804. The molecule has 0 aromatic rings. The molecule has 1 heterocycles. The molecule has 0 bridgehead atoms. The van der Waals surface area contributed by atoms with Crippen molar-refractivity contribution < 1.29 is 4.79 Å². The summed E-state index contributed by atoms with van der Waals surface area (Å²) in [5.41, 5.74) is 0.0886. The largest absolute Gasteiger partial charge is 0.334 e. The van der Waals surface area contributed by atoms with Crippen LogP contribution < -0.4 is 0 Å². The molecular formula is C10H17NO. The minimum Gasteiger partial charge on any atom is -0.334 e. The number of rotatable bonds is 2. The summed E-state index contributed by atoms with van der Waals surface area (Å²) in [6, 6.07) is 0. The van der Waals surface area contributed by atoms with Crippen molar-refractivity contribution in [3.63, 3.8) is 0 Å². The van der Waals surface area contributed by atoms with Gasteiger partial charge >= 0.3 is 0 Å². The lowest BCUT2D eigenvalue weighted by Gasteiger charge is -2.33. The fourth-order valence-corrected chi connectivity index (χ4v) is 1.88. The summed E-state index contributed by atoms with van der Waals surface area (Å²) in [6.07, 6.45) is 4.71. The van der Waals surface area contributed by atoms with Gasteiger partial charge in [0, 0.05) is 12.1 Å². The molecule has 0 aliphatic carbocycles. The number of amides is 1. The smallest absolute Gasteiger partial charge is 0.246 e. The first-order valence-corrected chi connectivity index (χ1v) is 4.58. The second-order valence-corrected chi connectivity index (χ2v) is 3.65. The van der Waals surface area contributed by atoms with Gasteiger partial charge in [-0.25, -0.2) is 0 Å². The molecule has 1 aliphatic rings. The Kier molecular flexibility index (Phi) is 2.55. The van der Waals surface area contributed by atoms with Crippen molar-refractivity contribution in [2.75, 3.05) is 6.54 Å². The van der Waals surface area contributed by atoms with E-state index in [0.717, 1.165) is 25.8 Å². The van der Waals surface area contributed by atoms with Crippen LogP contribution in [0.3, 0.4) is 0 Å². The predicted molar refractivity (Wildman–Crippen MR) is 49.8 cm³/mol. The molecule has 1 saturated heterocycles. The van der Waals surface area contributed by atoms with Gasteiger partial charge in [0.15, 0.2) is 0 Å². The molecule has 0 aromatic carbocycles. The molecular weight excluding hydrogens is 150 g/mol. The zero-order valence-electron chi connectivity index (χ0n) is 7.97. The Hall–Kier alpha value is -0.790. The van der Waals surface area contributed by atoms with Crippen molar-refractivity contribution in [3.8, 4) is 0 Å². The Bertz CT molecular complexity index is 200. The Labute approximate surface area is 74.2 Å². The van der Waals surface area contributed by atoms with Crippen LogP contribution in [0.15, 0.2) is 12.7 Å². The first-order chi connectivity index (χ1) is 5.64. The third-order valence-corrected chi connectivity index (χ3v) is 2.95. The van der Waals surface area contributed by atoms with Gasteiger partial charge in [0.05, 0.1) is 0 Å². The zero-order chi connectivity index (χ0) is 9.19. The molecule has 1 amide bonds. The summed E-state index contributed by atoms with van der Waals surface area (Å²) in [6.45, 7) is 8.70. The maximum absolute atomic E-state index is 11.4. The van der Waals surface area contributed by atoms with E-state index < -0.39 is 0 Å². The molecule has 1 aliphatic heterocycles. The van der Waals surface area contributed by atoms with Crippen LogP contribution in [0.2, 0.25) is 0 Å². The normalized spacial score (nSPS) is 29.0. The van der Waals surface area contributed by atoms with Crippen LogP contribution in [0.1, 0.15) is 33.1 Å². The number of nitrogens with zero attached hydrogens (tertiary/aromatic N) is 1. The standard InChI is InChI=1S/C10H17NO/c1-4-9(12)11-8-6-7-10(11,3)5-2/h4H,1,5-8H2,2-3H3/t10-/m0/s1. The lowest BCUT2D eigenvalue weighted by atomic mass is 9.95. The number of carbonyl (C=O) groups is 1. The van der Waals surface area contributed by atoms with Crippen molar-refractivity contribution in [1.29, 1.82) is 0 Å². The van der Waals surface area contributed by atoms with E-state index in [1.54, 1.807) is 0 Å². The molecule has 0 N–H and O–H groups in total. The highest BCUT2D eigenvalue weighted by Crippen LogP contribution is 2.31. The summed E-state index contributed by atoms with van der Waals surface area (Å²) in [5, 5.41) is 0. The number of likely N-dealkylation sites (tertiary alicyclic amines) is 1. The van der Waals surface area contributed by atoms with Gasteiger partial charge in [-0.3, -0.25) is 4.79 Å². The fourth-order valence-electron chi connectivity index (χ4n) is 1.88. The third-order valence-electron chi connectivity index (χ3n) is 2.95. The maximum Gasteiger partial charge on any atom is 0.246 e. The van der Waals surface area contributed by atoms with Crippen molar-refractivity contribution in [1.82, 2.24) is 4.90 Å².